The van der Waals surface area contributed by atoms with E-state index >= 15 is 0 Å². The first-order chi connectivity index (χ1) is 6.56. The van der Waals surface area contributed by atoms with Gasteiger partial charge in [-0.25, -0.2) is 0 Å². The lowest BCUT2D eigenvalue weighted by atomic mass is 10.2. The zero-order valence-corrected chi connectivity index (χ0v) is 9.43. The molecule has 0 aromatic heterocycles. The van der Waals surface area contributed by atoms with E-state index < -0.39 is 0 Å². The Hall–Kier alpha value is -1.09. The van der Waals surface area contributed by atoms with Crippen molar-refractivity contribution >= 4 is 23.0 Å². The summed E-state index contributed by atoms with van der Waals surface area (Å²) < 4.78 is 5.32. The van der Waals surface area contributed by atoms with Crippen molar-refractivity contribution in [2.75, 3.05) is 31.3 Å². The van der Waals surface area contributed by atoms with Gasteiger partial charge in [0.1, 0.15) is 5.75 Å². The monoisotopic (exact) mass is 214 g/mol. The van der Waals surface area contributed by atoms with Crippen molar-refractivity contribution in [3.63, 3.8) is 0 Å². The van der Waals surface area contributed by atoms with Gasteiger partial charge in [-0.3, -0.25) is 0 Å². The van der Waals surface area contributed by atoms with Gasteiger partial charge >= 0.3 is 0 Å². The van der Waals surface area contributed by atoms with Crippen LogP contribution in [-0.2, 0) is 0 Å². The Balaban J connectivity index is 3.10. The summed E-state index contributed by atoms with van der Waals surface area (Å²) in [5, 5.41) is 0.646. The number of nitrogens with zero attached hydrogens (tertiary/aromatic N) is 1. The predicted molar refractivity (Wildman–Crippen MR) is 61.4 cm³/mol. The van der Waals surface area contributed by atoms with Gasteiger partial charge in [-0.05, 0) is 13.0 Å². The molecule has 14 heavy (non-hydrogen) atoms. The van der Waals surface area contributed by atoms with Crippen LogP contribution in [0.3, 0.4) is 0 Å². The number of anilines is 2. The molecule has 0 saturated heterocycles. The molecule has 1 aromatic carbocycles. The van der Waals surface area contributed by atoms with Crippen molar-refractivity contribution in [3.05, 3.63) is 17.2 Å². The molecule has 0 saturated carbocycles. The van der Waals surface area contributed by atoms with Gasteiger partial charge in [0.05, 0.1) is 23.0 Å². The van der Waals surface area contributed by atoms with Crippen LogP contribution in [0.1, 0.15) is 6.92 Å². The number of hydrogen-bond acceptors (Lipinski definition) is 3. The second-order valence-corrected chi connectivity index (χ2v) is 3.58. The Labute approximate surface area is 89.4 Å². The quantitative estimate of drug-likeness (QED) is 0.786. The fraction of sp³-hybridized carbons (Fsp3) is 0.400. The van der Waals surface area contributed by atoms with Crippen LogP contribution in [0.25, 0.3) is 0 Å². The predicted octanol–water partition coefficient (Wildman–Crippen LogP) is 2.39. The van der Waals surface area contributed by atoms with E-state index in [9.17, 15) is 0 Å². The van der Waals surface area contributed by atoms with Gasteiger partial charge in [-0.2, -0.15) is 0 Å². The first kappa shape index (κ1) is 11.0. The van der Waals surface area contributed by atoms with E-state index in [0.29, 0.717) is 23.1 Å². The van der Waals surface area contributed by atoms with Crippen LogP contribution >= 0.6 is 11.6 Å². The van der Waals surface area contributed by atoms with Crippen LogP contribution < -0.4 is 15.4 Å². The van der Waals surface area contributed by atoms with E-state index in [1.54, 1.807) is 6.07 Å². The molecular formula is C10H15ClN2O. The van der Waals surface area contributed by atoms with Gasteiger partial charge in [0.2, 0.25) is 0 Å². The molecule has 0 heterocycles. The maximum Gasteiger partial charge on any atom is 0.143 e. The summed E-state index contributed by atoms with van der Waals surface area (Å²) in [6, 6.07) is 3.56. The number of rotatable bonds is 3. The lowest BCUT2D eigenvalue weighted by Gasteiger charge is -2.16. The van der Waals surface area contributed by atoms with Crippen molar-refractivity contribution in [2.24, 2.45) is 0 Å². The molecule has 2 N–H and O–H groups in total. The van der Waals surface area contributed by atoms with Crippen molar-refractivity contribution in [1.82, 2.24) is 0 Å². The topological polar surface area (TPSA) is 38.5 Å². The van der Waals surface area contributed by atoms with Crippen molar-refractivity contribution in [2.45, 2.75) is 6.92 Å². The lowest BCUT2D eigenvalue weighted by molar-refractivity contribution is 0.342. The normalized spacial score (nSPS) is 10.0. The molecule has 0 unspecified atom stereocenters. The molecule has 0 radical (unpaired) electrons. The van der Waals surface area contributed by atoms with Gasteiger partial charge in [0, 0.05) is 20.2 Å². The molecule has 1 rings (SSSR count). The smallest absolute Gasteiger partial charge is 0.143 e. The molecule has 0 fully saturated rings. The minimum atomic E-state index is 0.585. The average molecular weight is 215 g/mol. The second kappa shape index (κ2) is 4.42. The molecule has 0 atom stereocenters. The summed E-state index contributed by atoms with van der Waals surface area (Å²) in [5.41, 5.74) is 7.31. The van der Waals surface area contributed by atoms with E-state index in [1.807, 2.05) is 32.0 Å². The van der Waals surface area contributed by atoms with Gasteiger partial charge in [-0.15, -0.1) is 0 Å². The van der Waals surface area contributed by atoms with Gasteiger partial charge < -0.3 is 15.4 Å². The Morgan fingerprint density at radius 3 is 2.57 bits per heavy atom. The highest BCUT2D eigenvalue weighted by Gasteiger charge is 2.08. The number of halogens is 1. The highest BCUT2D eigenvalue weighted by molar-refractivity contribution is 6.33. The van der Waals surface area contributed by atoms with E-state index in [1.165, 1.54) is 0 Å². The van der Waals surface area contributed by atoms with E-state index in [0.717, 1.165) is 5.69 Å². The van der Waals surface area contributed by atoms with E-state index in [2.05, 4.69) is 0 Å². The Bertz CT molecular complexity index is 326. The zero-order chi connectivity index (χ0) is 10.7. The Morgan fingerprint density at radius 1 is 1.43 bits per heavy atom. The minimum absolute atomic E-state index is 0.585. The summed E-state index contributed by atoms with van der Waals surface area (Å²) in [5.74, 6) is 0.642. The van der Waals surface area contributed by atoms with E-state index in [-0.39, 0.29) is 0 Å². The summed E-state index contributed by atoms with van der Waals surface area (Å²) in [7, 11) is 3.84. The summed E-state index contributed by atoms with van der Waals surface area (Å²) in [6.07, 6.45) is 0. The number of ether oxygens (including phenoxy) is 1. The largest absolute Gasteiger partial charge is 0.492 e. The first-order valence-corrected chi connectivity index (χ1v) is 4.83. The maximum absolute atomic E-state index is 6.05. The molecule has 3 nitrogen and oxygen atoms in total. The fourth-order valence-electron chi connectivity index (χ4n) is 1.18. The third-order valence-corrected chi connectivity index (χ3v) is 2.16. The zero-order valence-electron chi connectivity index (χ0n) is 8.67. The number of nitrogen functional groups attached to an aromatic ring is 1. The molecule has 78 valence electrons. The standard InChI is InChI=1S/C10H15ClN2O/c1-4-14-10-5-7(11)9(13(2)3)6-8(10)12/h5-6H,4,12H2,1-3H3. The third-order valence-electron chi connectivity index (χ3n) is 1.86. The fourth-order valence-corrected chi connectivity index (χ4v) is 1.51. The van der Waals surface area contributed by atoms with Crippen LogP contribution in [0.2, 0.25) is 5.02 Å². The molecule has 0 aliphatic carbocycles. The average Bonchev–Trinajstić information content (AvgIpc) is 2.10. The van der Waals surface area contributed by atoms with Gasteiger partial charge in [0.25, 0.3) is 0 Å². The van der Waals surface area contributed by atoms with E-state index in [4.69, 9.17) is 22.1 Å². The Kier molecular flexibility index (Phi) is 3.47. The van der Waals surface area contributed by atoms with Crippen LogP contribution in [-0.4, -0.2) is 20.7 Å². The maximum atomic E-state index is 6.05. The number of benzene rings is 1. The first-order valence-electron chi connectivity index (χ1n) is 4.45. The van der Waals surface area contributed by atoms with Crippen molar-refractivity contribution in [1.29, 1.82) is 0 Å². The molecule has 4 heteroatoms. The number of hydrogen-bond donors (Lipinski definition) is 1. The van der Waals surface area contributed by atoms with Crippen LogP contribution in [0.4, 0.5) is 11.4 Å². The summed E-state index contributed by atoms with van der Waals surface area (Å²) in [4.78, 5) is 1.91. The molecular weight excluding hydrogens is 200 g/mol. The molecule has 0 spiro atoms. The molecule has 1 aromatic rings. The van der Waals surface area contributed by atoms with Crippen LogP contribution in [0.5, 0.6) is 5.75 Å². The second-order valence-electron chi connectivity index (χ2n) is 3.17. The van der Waals surface area contributed by atoms with Gasteiger partial charge in [-0.1, -0.05) is 11.6 Å². The van der Waals surface area contributed by atoms with Crippen LogP contribution in [0.15, 0.2) is 12.1 Å². The molecule has 0 aliphatic rings. The Morgan fingerprint density at radius 2 is 2.07 bits per heavy atom. The highest BCUT2D eigenvalue weighted by Crippen LogP contribution is 2.33. The number of nitrogens with two attached hydrogens (primary N) is 1. The van der Waals surface area contributed by atoms with Crippen molar-refractivity contribution < 1.29 is 4.74 Å². The van der Waals surface area contributed by atoms with Gasteiger partial charge in [0.15, 0.2) is 0 Å². The molecule has 0 bridgehead atoms. The highest BCUT2D eigenvalue weighted by atomic mass is 35.5. The minimum Gasteiger partial charge on any atom is -0.492 e. The van der Waals surface area contributed by atoms with Crippen LogP contribution in [0, 0.1) is 0 Å². The third kappa shape index (κ3) is 2.23. The summed E-state index contributed by atoms with van der Waals surface area (Å²) >= 11 is 6.05. The van der Waals surface area contributed by atoms with Crippen molar-refractivity contribution in [3.8, 4) is 5.75 Å². The lowest BCUT2D eigenvalue weighted by Crippen LogP contribution is -2.10. The SMILES string of the molecule is CCOc1cc(Cl)c(N(C)C)cc1N. The summed E-state index contributed by atoms with van der Waals surface area (Å²) in [6.45, 7) is 2.50. The molecule has 0 amide bonds. The molecule has 0 aliphatic heterocycles.